The normalized spacial score (nSPS) is 29.0. The third kappa shape index (κ3) is 2.53. The first kappa shape index (κ1) is 15.3. The predicted octanol–water partition coefficient (Wildman–Crippen LogP) is 5.99. The van der Waals surface area contributed by atoms with E-state index in [-0.39, 0.29) is 5.41 Å². The number of nitrogens with zero attached hydrogens (tertiary/aromatic N) is 1. The molecule has 1 nitrogen and oxygen atoms in total. The van der Waals surface area contributed by atoms with Gasteiger partial charge in [0, 0.05) is 21.9 Å². The van der Waals surface area contributed by atoms with Crippen molar-refractivity contribution in [3.8, 4) is 0 Å². The highest BCUT2D eigenvalue weighted by Crippen LogP contribution is 2.53. The summed E-state index contributed by atoms with van der Waals surface area (Å²) < 4.78 is 0. The van der Waals surface area contributed by atoms with Crippen molar-refractivity contribution in [1.82, 2.24) is 0 Å². The first-order chi connectivity index (χ1) is 11.2. The molecule has 3 unspecified atom stereocenters. The van der Waals surface area contributed by atoms with Crippen molar-refractivity contribution in [3.63, 3.8) is 0 Å². The van der Waals surface area contributed by atoms with Crippen LogP contribution in [0.15, 0.2) is 53.5 Å². The number of fused-ring (bicyclic) bond motifs is 2. The number of aliphatic imine (C=N–C) groups is 1. The maximum absolute atomic E-state index is 6.22. The van der Waals surface area contributed by atoms with E-state index in [1.54, 1.807) is 0 Å². The quantitative estimate of drug-likeness (QED) is 0.653. The number of hydrogen-bond donors (Lipinski definition) is 0. The minimum Gasteiger partial charge on any atom is -0.260 e. The largest absolute Gasteiger partial charge is 0.260 e. The van der Waals surface area contributed by atoms with Gasteiger partial charge in [0.05, 0.1) is 5.69 Å². The highest BCUT2D eigenvalue weighted by molar-refractivity contribution is 7.99. The van der Waals surface area contributed by atoms with E-state index in [4.69, 9.17) is 16.6 Å². The molecule has 0 amide bonds. The third-order valence-electron chi connectivity index (χ3n) is 5.38. The van der Waals surface area contributed by atoms with Crippen molar-refractivity contribution in [2.24, 2.45) is 4.99 Å². The van der Waals surface area contributed by atoms with Crippen molar-refractivity contribution < 1.29 is 0 Å². The number of hydrogen-bond acceptors (Lipinski definition) is 2. The summed E-state index contributed by atoms with van der Waals surface area (Å²) in [5.41, 5.74) is 4.00. The predicted molar refractivity (Wildman–Crippen MR) is 102 cm³/mol. The van der Waals surface area contributed by atoms with Crippen LogP contribution >= 0.6 is 23.4 Å². The first-order valence-corrected chi connectivity index (χ1v) is 9.82. The van der Waals surface area contributed by atoms with E-state index >= 15 is 0 Å². The average Bonchev–Trinajstić information content (AvgIpc) is 2.94. The minimum absolute atomic E-state index is 0.0707. The van der Waals surface area contributed by atoms with Crippen LogP contribution in [0.25, 0.3) is 0 Å². The van der Waals surface area contributed by atoms with Gasteiger partial charge < -0.3 is 0 Å². The van der Waals surface area contributed by atoms with Crippen LogP contribution < -0.4 is 0 Å². The Morgan fingerprint density at radius 1 is 1.13 bits per heavy atom. The molecule has 0 bridgehead atoms. The second kappa shape index (κ2) is 5.99. The van der Waals surface area contributed by atoms with E-state index in [0.29, 0.717) is 11.2 Å². The summed E-state index contributed by atoms with van der Waals surface area (Å²) in [6.07, 6.45) is 8.04. The van der Waals surface area contributed by atoms with Gasteiger partial charge in [-0.05, 0) is 60.8 Å². The molecule has 0 aromatic heterocycles. The van der Waals surface area contributed by atoms with Gasteiger partial charge in [-0.1, -0.05) is 41.9 Å². The maximum atomic E-state index is 6.22. The van der Waals surface area contributed by atoms with Crippen LogP contribution in [-0.2, 0) is 5.41 Å². The summed E-state index contributed by atoms with van der Waals surface area (Å²) >= 11 is 8.21. The molecule has 2 aliphatic rings. The zero-order chi connectivity index (χ0) is 15.9. The molecule has 1 saturated carbocycles. The van der Waals surface area contributed by atoms with Gasteiger partial charge in [-0.15, -0.1) is 0 Å². The molecule has 23 heavy (non-hydrogen) atoms. The van der Waals surface area contributed by atoms with Gasteiger partial charge >= 0.3 is 0 Å². The lowest BCUT2D eigenvalue weighted by Crippen LogP contribution is -2.42. The average molecular weight is 342 g/mol. The van der Waals surface area contributed by atoms with Gasteiger partial charge in [-0.3, -0.25) is 4.99 Å². The lowest BCUT2D eigenvalue weighted by molar-refractivity contribution is 0.360. The summed E-state index contributed by atoms with van der Waals surface area (Å²) in [7, 11) is 0. The zero-order valence-electron chi connectivity index (χ0n) is 13.2. The van der Waals surface area contributed by atoms with Gasteiger partial charge in [-0.2, -0.15) is 11.8 Å². The second-order valence-electron chi connectivity index (χ2n) is 6.57. The Labute approximate surface area is 147 Å². The summed E-state index contributed by atoms with van der Waals surface area (Å²) in [6, 6.07) is 17.0. The van der Waals surface area contributed by atoms with Crippen LogP contribution in [0.1, 0.15) is 36.3 Å². The molecule has 0 saturated heterocycles. The molecule has 4 rings (SSSR count). The number of para-hydroxylation sites is 1. The lowest BCUT2D eigenvalue weighted by Gasteiger charge is -2.43. The van der Waals surface area contributed by atoms with Crippen molar-refractivity contribution >= 4 is 35.3 Å². The van der Waals surface area contributed by atoms with E-state index in [0.717, 1.165) is 17.1 Å². The van der Waals surface area contributed by atoms with Crippen LogP contribution in [0.5, 0.6) is 0 Å². The van der Waals surface area contributed by atoms with Gasteiger partial charge in [0.2, 0.25) is 0 Å². The van der Waals surface area contributed by atoms with E-state index < -0.39 is 0 Å². The van der Waals surface area contributed by atoms with E-state index in [9.17, 15) is 0 Å². The molecule has 3 atom stereocenters. The molecule has 1 aliphatic heterocycles. The molecule has 3 heteroatoms. The Kier molecular flexibility index (Phi) is 3.98. The van der Waals surface area contributed by atoms with Crippen LogP contribution in [0.3, 0.4) is 0 Å². The first-order valence-electron chi connectivity index (χ1n) is 8.16. The third-order valence-corrected chi connectivity index (χ3v) is 6.84. The fourth-order valence-corrected chi connectivity index (χ4v) is 5.55. The summed E-state index contributed by atoms with van der Waals surface area (Å²) in [5.74, 6) is 0.551. The molecule has 1 aliphatic carbocycles. The van der Waals surface area contributed by atoms with Gasteiger partial charge in [-0.25, -0.2) is 0 Å². The second-order valence-corrected chi connectivity index (χ2v) is 8.05. The molecule has 0 N–H and O–H groups in total. The molecule has 1 heterocycles. The van der Waals surface area contributed by atoms with Crippen molar-refractivity contribution in [3.05, 3.63) is 64.7 Å². The van der Waals surface area contributed by atoms with Crippen molar-refractivity contribution in [1.29, 1.82) is 0 Å². The van der Waals surface area contributed by atoms with Crippen LogP contribution in [0.4, 0.5) is 5.69 Å². The molecular weight excluding hydrogens is 322 g/mol. The standard InChI is InChI=1S/C20H20ClNS/c1-23-19-10-9-15(14-5-4-6-16(21)11-14)12-20(19)13-22-18-8-3-2-7-17(18)20/h2-8,11,13,15,19H,9-10,12H2,1H3. The fraction of sp³-hybridized carbons (Fsp3) is 0.350. The van der Waals surface area contributed by atoms with E-state index in [1.807, 2.05) is 17.8 Å². The van der Waals surface area contributed by atoms with Gasteiger partial charge in [0.25, 0.3) is 0 Å². The highest BCUT2D eigenvalue weighted by Gasteiger charge is 2.47. The molecule has 2 aromatic rings. The van der Waals surface area contributed by atoms with Crippen LogP contribution in [0.2, 0.25) is 5.02 Å². The Morgan fingerprint density at radius 2 is 2.00 bits per heavy atom. The van der Waals surface area contributed by atoms with Crippen molar-refractivity contribution in [2.75, 3.05) is 6.26 Å². The Balaban J connectivity index is 1.74. The summed E-state index contributed by atoms with van der Waals surface area (Å²) in [5, 5.41) is 1.44. The van der Waals surface area contributed by atoms with Gasteiger partial charge in [0.15, 0.2) is 0 Å². The Morgan fingerprint density at radius 3 is 2.83 bits per heavy atom. The summed E-state index contributed by atoms with van der Waals surface area (Å²) in [4.78, 5) is 4.76. The zero-order valence-corrected chi connectivity index (χ0v) is 14.8. The molecule has 0 radical (unpaired) electrons. The van der Waals surface area contributed by atoms with Gasteiger partial charge in [0.1, 0.15) is 0 Å². The SMILES string of the molecule is CSC1CCC(c2cccc(Cl)c2)CC12C=Nc1ccccc12. The fourth-order valence-electron chi connectivity index (χ4n) is 4.28. The Bertz CT molecular complexity index is 757. The van der Waals surface area contributed by atoms with E-state index in [2.05, 4.69) is 54.9 Å². The van der Waals surface area contributed by atoms with E-state index in [1.165, 1.54) is 24.0 Å². The topological polar surface area (TPSA) is 12.4 Å². The van der Waals surface area contributed by atoms with Crippen molar-refractivity contribution in [2.45, 2.75) is 35.8 Å². The Hall–Kier alpha value is -1.25. The monoisotopic (exact) mass is 341 g/mol. The number of benzene rings is 2. The van der Waals surface area contributed by atoms with Crippen LogP contribution in [-0.4, -0.2) is 17.7 Å². The smallest absolute Gasteiger partial charge is 0.0667 e. The lowest BCUT2D eigenvalue weighted by atomic mass is 9.65. The number of thioether (sulfide) groups is 1. The minimum atomic E-state index is 0.0707. The molecule has 1 spiro atoms. The maximum Gasteiger partial charge on any atom is 0.0667 e. The molecular formula is C20H20ClNS. The highest BCUT2D eigenvalue weighted by atomic mass is 35.5. The molecule has 118 valence electrons. The van der Waals surface area contributed by atoms with Crippen LogP contribution in [0, 0.1) is 0 Å². The molecule has 2 aromatic carbocycles. The molecule has 1 fully saturated rings. The number of halogens is 1. The summed E-state index contributed by atoms with van der Waals surface area (Å²) in [6.45, 7) is 0. The number of rotatable bonds is 2.